The number of aromatic hydroxyl groups is 2. The summed E-state index contributed by atoms with van der Waals surface area (Å²) < 4.78 is 34.9. The standard InChI is InChI=1S/C11H13NO2.C10H13BrO2.C10H12O3.C10H14O2.C8H10O/c1-9-5-10(3-4-12)7-11(6-9)14-8-13-2;1-8-3-9(6-11)5-10(4-8)13-7-12-2;1-7-3-8(5-9(11)4-7)6-10(12)13-2;1-8-4-9(2)6-10(5-8)12-7-11-3;1-6-3-7(2)5-8(9)4-6/h5-7H,3,8H2,1-2H3;3-5H,6-7H2,1-2H3;3-5,11H,6H2,1-2H3;4-6H,7H2,1-3H3;3-5,9H,1-2H3. The van der Waals surface area contributed by atoms with Crippen molar-refractivity contribution >= 4 is 21.9 Å². The predicted molar refractivity (Wildman–Crippen MR) is 244 cm³/mol. The number of halogens is 1. The summed E-state index contributed by atoms with van der Waals surface area (Å²) in [5, 5.41) is 27.6. The first kappa shape index (κ1) is 53.4. The zero-order valence-corrected chi connectivity index (χ0v) is 39.0. The van der Waals surface area contributed by atoms with E-state index in [0.29, 0.717) is 25.8 Å². The third-order valence-corrected chi connectivity index (χ3v) is 8.44. The van der Waals surface area contributed by atoms with Crippen LogP contribution in [0.3, 0.4) is 0 Å². The van der Waals surface area contributed by atoms with Crippen LogP contribution in [-0.2, 0) is 41.9 Å². The van der Waals surface area contributed by atoms with Crippen molar-refractivity contribution in [1.29, 1.82) is 5.26 Å². The van der Waals surface area contributed by atoms with E-state index in [0.717, 1.165) is 56.0 Å². The number of rotatable bonds is 13. The molecule has 0 saturated heterocycles. The fourth-order valence-electron chi connectivity index (χ4n) is 5.62. The highest BCUT2D eigenvalue weighted by atomic mass is 79.9. The molecule has 0 radical (unpaired) electrons. The van der Waals surface area contributed by atoms with E-state index in [2.05, 4.69) is 38.9 Å². The molecule has 61 heavy (non-hydrogen) atoms. The molecule has 2 N–H and O–H groups in total. The second-order valence-electron chi connectivity index (χ2n) is 14.0. The van der Waals surface area contributed by atoms with Crippen LogP contribution in [0.1, 0.15) is 55.6 Å². The number of hydrogen-bond donors (Lipinski definition) is 2. The number of phenolic OH excluding ortho intramolecular Hbond substituents is 2. The minimum absolute atomic E-state index is 0.180. The molecule has 0 spiro atoms. The van der Waals surface area contributed by atoms with Crippen LogP contribution < -0.4 is 14.2 Å². The minimum Gasteiger partial charge on any atom is -0.508 e. The van der Waals surface area contributed by atoms with Gasteiger partial charge in [-0.05, 0) is 165 Å². The van der Waals surface area contributed by atoms with Crippen molar-refractivity contribution in [2.45, 2.75) is 66.6 Å². The largest absolute Gasteiger partial charge is 0.508 e. The van der Waals surface area contributed by atoms with Crippen LogP contribution in [0.2, 0.25) is 0 Å². The predicted octanol–water partition coefficient (Wildman–Crippen LogP) is 10.6. The summed E-state index contributed by atoms with van der Waals surface area (Å²) in [6.45, 7) is 14.7. The van der Waals surface area contributed by atoms with Crippen LogP contribution in [0.5, 0.6) is 28.7 Å². The van der Waals surface area contributed by atoms with Crippen LogP contribution in [0.15, 0.2) is 91.0 Å². The summed E-state index contributed by atoms with van der Waals surface area (Å²) in [5.74, 6) is 2.71. The van der Waals surface area contributed by atoms with Gasteiger partial charge in [0.15, 0.2) is 20.4 Å². The van der Waals surface area contributed by atoms with E-state index in [-0.39, 0.29) is 24.9 Å². The van der Waals surface area contributed by atoms with Crippen molar-refractivity contribution in [3.05, 3.63) is 147 Å². The van der Waals surface area contributed by atoms with Crippen molar-refractivity contribution in [2.75, 3.05) is 48.8 Å². The number of ether oxygens (including phenoxy) is 7. The highest BCUT2D eigenvalue weighted by Gasteiger charge is 2.04. The molecular weight excluding hydrogens is 842 g/mol. The third kappa shape index (κ3) is 24.9. The molecule has 0 aromatic heterocycles. The average molecular weight is 905 g/mol. The van der Waals surface area contributed by atoms with E-state index in [4.69, 9.17) is 38.8 Å². The Kier molecular flexibility index (Phi) is 26.7. The summed E-state index contributed by atoms with van der Waals surface area (Å²) >= 11 is 3.41. The SMILES string of the molecule is COC(=O)Cc1cc(C)cc(O)c1.COCOc1cc(C)cc(C)c1.COCOc1cc(C)cc(CBr)c1.COCOc1cc(C)cc(CC#N)c1.Cc1cc(C)cc(O)c1. The number of carbonyl (C=O) groups excluding carboxylic acids is 1. The second kappa shape index (κ2) is 30.4. The van der Waals surface area contributed by atoms with Gasteiger partial charge in [-0.2, -0.15) is 5.26 Å². The van der Waals surface area contributed by atoms with E-state index in [1.165, 1.54) is 29.4 Å². The molecule has 11 nitrogen and oxygen atoms in total. The molecule has 12 heteroatoms. The van der Waals surface area contributed by atoms with Crippen LogP contribution in [0.4, 0.5) is 0 Å². The van der Waals surface area contributed by atoms with Gasteiger partial charge in [0.05, 0.1) is 26.0 Å². The lowest BCUT2D eigenvalue weighted by Crippen LogP contribution is -2.04. The Morgan fingerprint density at radius 2 is 0.852 bits per heavy atom. The number of benzene rings is 5. The molecule has 5 rings (SSSR count). The molecule has 0 fully saturated rings. The Bertz CT molecular complexity index is 2010. The smallest absolute Gasteiger partial charge is 0.309 e. The van der Waals surface area contributed by atoms with Gasteiger partial charge in [0.1, 0.15) is 28.7 Å². The highest BCUT2D eigenvalue weighted by Crippen LogP contribution is 2.20. The van der Waals surface area contributed by atoms with Crippen molar-refractivity contribution in [1.82, 2.24) is 0 Å². The first-order chi connectivity index (χ1) is 29.0. The lowest BCUT2D eigenvalue weighted by atomic mass is 10.1. The summed E-state index contributed by atoms with van der Waals surface area (Å²) in [4.78, 5) is 10.9. The van der Waals surface area contributed by atoms with Crippen molar-refractivity contribution < 1.29 is 48.2 Å². The topological polar surface area (TPSA) is 146 Å². The molecule has 0 aliphatic heterocycles. The van der Waals surface area contributed by atoms with Crippen molar-refractivity contribution in [3.8, 4) is 34.8 Å². The summed E-state index contributed by atoms with van der Waals surface area (Å²) in [7, 11) is 6.15. The number of methoxy groups -OCH3 is 4. The minimum atomic E-state index is -0.301. The number of nitriles is 1. The molecule has 5 aromatic rings. The maximum atomic E-state index is 10.9. The number of hydrogen-bond acceptors (Lipinski definition) is 11. The molecule has 0 aliphatic rings. The fraction of sp³-hybridized carbons (Fsp3) is 0.347. The molecule has 0 heterocycles. The summed E-state index contributed by atoms with van der Waals surface area (Å²) in [6.07, 6.45) is 0.608. The van der Waals surface area contributed by atoms with Crippen LogP contribution in [0, 0.1) is 59.8 Å². The normalized spacial score (nSPS) is 9.75. The van der Waals surface area contributed by atoms with Gasteiger partial charge in [-0.3, -0.25) is 4.79 Å². The monoisotopic (exact) mass is 903 g/mol. The highest BCUT2D eigenvalue weighted by molar-refractivity contribution is 9.08. The van der Waals surface area contributed by atoms with Gasteiger partial charge in [-0.25, -0.2) is 0 Å². The van der Waals surface area contributed by atoms with Gasteiger partial charge in [-0.1, -0.05) is 46.3 Å². The number of nitrogens with zero attached hydrogens (tertiary/aromatic N) is 1. The second-order valence-corrected chi connectivity index (χ2v) is 14.6. The Hall–Kier alpha value is -5.58. The van der Waals surface area contributed by atoms with Gasteiger partial charge in [0.25, 0.3) is 0 Å². The number of phenols is 2. The molecule has 330 valence electrons. The summed E-state index contributed by atoms with van der Waals surface area (Å²) in [6, 6.07) is 30.6. The van der Waals surface area contributed by atoms with Crippen LogP contribution in [-0.4, -0.2) is 65.0 Å². The molecule has 0 atom stereocenters. The Labute approximate surface area is 370 Å². The van der Waals surface area contributed by atoms with Crippen molar-refractivity contribution in [2.24, 2.45) is 0 Å². The average Bonchev–Trinajstić information content (AvgIpc) is 3.18. The zero-order valence-electron chi connectivity index (χ0n) is 37.4. The maximum Gasteiger partial charge on any atom is 0.309 e. The van der Waals surface area contributed by atoms with Gasteiger partial charge in [0.2, 0.25) is 0 Å². The number of carbonyl (C=O) groups is 1. The molecule has 0 aliphatic carbocycles. The zero-order chi connectivity index (χ0) is 45.7. The van der Waals surface area contributed by atoms with E-state index in [1.807, 2.05) is 103 Å². The molecule has 0 unspecified atom stereocenters. The number of esters is 1. The Morgan fingerprint density at radius 3 is 1.23 bits per heavy atom. The van der Waals surface area contributed by atoms with E-state index in [9.17, 15) is 9.90 Å². The number of alkyl halides is 1. The van der Waals surface area contributed by atoms with Crippen molar-refractivity contribution in [3.63, 3.8) is 0 Å². The Balaban J connectivity index is 0.000000384. The third-order valence-electron chi connectivity index (χ3n) is 7.79. The van der Waals surface area contributed by atoms with Gasteiger partial charge >= 0.3 is 5.97 Å². The Morgan fingerprint density at radius 1 is 0.508 bits per heavy atom. The van der Waals surface area contributed by atoms with Crippen LogP contribution in [0.25, 0.3) is 0 Å². The van der Waals surface area contributed by atoms with Gasteiger partial charge < -0.3 is 43.4 Å². The van der Waals surface area contributed by atoms with E-state index in [1.54, 1.807) is 45.6 Å². The number of aryl methyl sites for hydroxylation is 7. The lowest BCUT2D eigenvalue weighted by molar-refractivity contribution is -0.139. The molecule has 0 saturated carbocycles. The first-order valence-electron chi connectivity index (χ1n) is 19.3. The molecule has 5 aromatic carbocycles. The van der Waals surface area contributed by atoms with E-state index >= 15 is 0 Å². The van der Waals surface area contributed by atoms with E-state index < -0.39 is 0 Å². The van der Waals surface area contributed by atoms with Crippen LogP contribution >= 0.6 is 15.9 Å². The summed E-state index contributed by atoms with van der Waals surface area (Å²) in [5.41, 5.74) is 10.8. The maximum absolute atomic E-state index is 10.9. The quantitative estimate of drug-likeness (QED) is 0.0661. The molecular formula is C49H62BrNO10. The van der Waals surface area contributed by atoms with Gasteiger partial charge in [0, 0.05) is 26.7 Å². The molecule has 0 bridgehead atoms. The lowest BCUT2D eigenvalue weighted by Gasteiger charge is -2.07. The molecule has 0 amide bonds. The fourth-order valence-corrected chi connectivity index (χ4v) is 5.94. The first-order valence-corrected chi connectivity index (χ1v) is 20.4. The van der Waals surface area contributed by atoms with Gasteiger partial charge in [-0.15, -0.1) is 0 Å².